The first-order valence-corrected chi connectivity index (χ1v) is 8.29. The van der Waals surface area contributed by atoms with Gasteiger partial charge >= 0.3 is 0 Å². The third-order valence-corrected chi connectivity index (χ3v) is 5.32. The second-order valence-corrected chi connectivity index (χ2v) is 6.93. The summed E-state index contributed by atoms with van der Waals surface area (Å²) < 4.78 is 26.8. The molecule has 0 aromatic heterocycles. The van der Waals surface area contributed by atoms with Crippen LogP contribution in [0.15, 0.2) is 29.2 Å². The minimum absolute atomic E-state index is 0.116. The molecule has 0 heterocycles. The smallest absolute Gasteiger partial charge is 0.245 e. The number of benzene rings is 1. The van der Waals surface area contributed by atoms with Crippen molar-refractivity contribution >= 4 is 21.6 Å². The van der Waals surface area contributed by atoms with Gasteiger partial charge < -0.3 is 15.8 Å². The number of rotatable bonds is 7. The first kappa shape index (κ1) is 16.7. The highest BCUT2D eigenvalue weighted by Gasteiger charge is 2.38. The van der Waals surface area contributed by atoms with Gasteiger partial charge in [0.15, 0.2) is 0 Å². The molecular formula is C13H18N3O5S-. The number of sulfonamides is 1. The van der Waals surface area contributed by atoms with Gasteiger partial charge in [-0.05, 0) is 25.0 Å². The summed E-state index contributed by atoms with van der Waals surface area (Å²) in [6.07, 6.45) is 1.48. The van der Waals surface area contributed by atoms with Gasteiger partial charge in [-0.15, -0.1) is 0 Å². The zero-order chi connectivity index (χ0) is 16.3. The van der Waals surface area contributed by atoms with E-state index in [1.165, 1.54) is 35.5 Å². The van der Waals surface area contributed by atoms with Gasteiger partial charge in [0, 0.05) is 26.1 Å². The monoisotopic (exact) mass is 328 g/mol. The zero-order valence-corrected chi connectivity index (χ0v) is 12.9. The lowest BCUT2D eigenvalue weighted by Crippen LogP contribution is -2.39. The highest BCUT2D eigenvalue weighted by molar-refractivity contribution is 7.89. The van der Waals surface area contributed by atoms with Crippen molar-refractivity contribution in [2.75, 3.05) is 18.3 Å². The summed E-state index contributed by atoms with van der Waals surface area (Å²) in [5.41, 5.74) is -0.326. The maximum atomic E-state index is 12.8. The van der Waals surface area contributed by atoms with Crippen LogP contribution in [0.5, 0.6) is 0 Å². The molecule has 1 saturated carbocycles. The Balaban J connectivity index is 2.28. The molecule has 1 aromatic carbocycles. The number of hydrogen-bond acceptors (Lipinski definition) is 6. The molecule has 2 N–H and O–H groups in total. The number of nitrogens with zero attached hydrogens (tertiary/aromatic N) is 2. The highest BCUT2D eigenvalue weighted by atomic mass is 32.2. The van der Waals surface area contributed by atoms with E-state index in [9.17, 15) is 18.4 Å². The standard InChI is InChI=1S/C13H18N3O5S/c1-10(17)14-8-9-15(11-6-7-11)22(20,21)13-5-3-2-4-12(13)16(18)19/h2-5,11,18H,6-9H2,1H3,(H,14,17)/q-1. The Labute approximate surface area is 128 Å². The Morgan fingerprint density at radius 3 is 2.59 bits per heavy atom. The van der Waals surface area contributed by atoms with Crippen LogP contribution in [0.25, 0.3) is 0 Å². The fraction of sp³-hybridized carbons (Fsp3) is 0.462. The summed E-state index contributed by atoms with van der Waals surface area (Å²) in [5.74, 6) is -0.241. The average molecular weight is 328 g/mol. The van der Waals surface area contributed by atoms with Gasteiger partial charge in [-0.2, -0.15) is 4.31 Å². The van der Waals surface area contributed by atoms with Crippen LogP contribution in [0.1, 0.15) is 19.8 Å². The third kappa shape index (κ3) is 3.74. The molecule has 1 aliphatic rings. The van der Waals surface area contributed by atoms with E-state index in [0.717, 1.165) is 12.8 Å². The quantitative estimate of drug-likeness (QED) is 0.711. The maximum Gasteiger partial charge on any atom is 0.245 e. The number of hydrogen-bond donors (Lipinski definition) is 2. The molecule has 0 aliphatic heterocycles. The molecule has 9 heteroatoms. The van der Waals surface area contributed by atoms with Gasteiger partial charge in [0.1, 0.15) is 4.90 Å². The van der Waals surface area contributed by atoms with E-state index >= 15 is 0 Å². The number of amides is 1. The van der Waals surface area contributed by atoms with Gasteiger partial charge in [-0.3, -0.25) is 10.0 Å². The van der Waals surface area contributed by atoms with Crippen molar-refractivity contribution in [2.45, 2.75) is 30.7 Å². The average Bonchev–Trinajstić information content (AvgIpc) is 3.27. The van der Waals surface area contributed by atoms with Crippen molar-refractivity contribution < 1.29 is 18.4 Å². The lowest BCUT2D eigenvalue weighted by molar-refractivity contribution is -0.118. The Hall–Kier alpha value is -1.68. The predicted octanol–water partition coefficient (Wildman–Crippen LogP) is 0.669. The summed E-state index contributed by atoms with van der Waals surface area (Å²) in [6, 6.07) is 5.33. The van der Waals surface area contributed by atoms with Crippen molar-refractivity contribution in [1.29, 1.82) is 0 Å². The minimum atomic E-state index is -3.93. The lowest BCUT2D eigenvalue weighted by atomic mass is 10.3. The third-order valence-electron chi connectivity index (χ3n) is 3.32. The summed E-state index contributed by atoms with van der Waals surface area (Å²) in [6.45, 7) is 1.66. The molecule has 2 rings (SSSR count). The molecule has 8 nitrogen and oxygen atoms in total. The van der Waals surface area contributed by atoms with Crippen LogP contribution in [-0.4, -0.2) is 43.0 Å². The second kappa shape index (κ2) is 6.61. The van der Waals surface area contributed by atoms with Gasteiger partial charge in [-0.1, -0.05) is 12.1 Å². The summed E-state index contributed by atoms with van der Waals surface area (Å²) in [7, 11) is -3.93. The molecule has 0 unspecified atom stereocenters. The van der Waals surface area contributed by atoms with Crippen molar-refractivity contribution in [3.05, 3.63) is 29.5 Å². The fourth-order valence-electron chi connectivity index (χ4n) is 2.16. The topological polar surface area (TPSA) is 113 Å². The Morgan fingerprint density at radius 2 is 2.05 bits per heavy atom. The maximum absolute atomic E-state index is 12.8. The minimum Gasteiger partial charge on any atom is -0.733 e. The molecule has 1 aromatic rings. The SMILES string of the molecule is CC(=O)NCCN(C1CC1)S(=O)(=O)c1ccccc1N([O-])O. The van der Waals surface area contributed by atoms with E-state index in [-0.39, 0.29) is 35.6 Å². The first-order valence-electron chi connectivity index (χ1n) is 6.85. The molecule has 1 amide bonds. The molecule has 22 heavy (non-hydrogen) atoms. The predicted molar refractivity (Wildman–Crippen MR) is 79.7 cm³/mol. The first-order chi connectivity index (χ1) is 10.3. The van der Waals surface area contributed by atoms with Gasteiger partial charge in [-0.25, -0.2) is 8.42 Å². The second-order valence-electron chi connectivity index (χ2n) is 5.07. The Morgan fingerprint density at radius 1 is 1.41 bits per heavy atom. The van der Waals surface area contributed by atoms with E-state index in [1.807, 2.05) is 0 Å². The van der Waals surface area contributed by atoms with Gasteiger partial charge in [0.25, 0.3) is 0 Å². The van der Waals surface area contributed by atoms with Gasteiger partial charge in [0.05, 0.1) is 5.69 Å². The van der Waals surface area contributed by atoms with Gasteiger partial charge in [0.2, 0.25) is 15.9 Å². The fourth-order valence-corrected chi connectivity index (χ4v) is 4.01. The Kier molecular flexibility index (Phi) is 5.01. The van der Waals surface area contributed by atoms with E-state index in [1.54, 1.807) is 0 Å². The molecule has 0 bridgehead atoms. The highest BCUT2D eigenvalue weighted by Crippen LogP contribution is 2.34. The molecule has 0 saturated heterocycles. The van der Waals surface area contributed by atoms with Crippen LogP contribution in [-0.2, 0) is 14.8 Å². The zero-order valence-electron chi connectivity index (χ0n) is 12.1. The van der Waals surface area contributed by atoms with Crippen LogP contribution < -0.4 is 10.5 Å². The molecule has 122 valence electrons. The number of carbonyl (C=O) groups excluding carboxylic acids is 1. The van der Waals surface area contributed by atoms with E-state index in [4.69, 9.17) is 5.21 Å². The van der Waals surface area contributed by atoms with E-state index in [2.05, 4.69) is 5.32 Å². The number of carbonyl (C=O) groups is 1. The van der Waals surface area contributed by atoms with E-state index in [0.29, 0.717) is 0 Å². The van der Waals surface area contributed by atoms with Crippen LogP contribution in [0, 0.1) is 5.21 Å². The molecular weight excluding hydrogens is 310 g/mol. The molecule has 0 radical (unpaired) electrons. The van der Waals surface area contributed by atoms with Crippen molar-refractivity contribution in [3.8, 4) is 0 Å². The number of nitrogens with one attached hydrogen (secondary N) is 1. The van der Waals surface area contributed by atoms with Crippen molar-refractivity contribution in [2.24, 2.45) is 0 Å². The number of para-hydroxylation sites is 1. The molecule has 0 atom stereocenters. The summed E-state index contributed by atoms with van der Waals surface area (Å²) in [4.78, 5) is 10.7. The normalized spacial score (nSPS) is 14.9. The van der Waals surface area contributed by atoms with Crippen molar-refractivity contribution in [1.82, 2.24) is 9.62 Å². The number of anilines is 1. The summed E-state index contributed by atoms with van der Waals surface area (Å²) in [5, 5.41) is 22.3. The van der Waals surface area contributed by atoms with Crippen molar-refractivity contribution in [3.63, 3.8) is 0 Å². The summed E-state index contributed by atoms with van der Waals surface area (Å²) >= 11 is 0. The lowest BCUT2D eigenvalue weighted by Gasteiger charge is -2.28. The molecule has 1 fully saturated rings. The molecule has 1 aliphatic carbocycles. The largest absolute Gasteiger partial charge is 0.733 e. The van der Waals surface area contributed by atoms with Crippen LogP contribution in [0.3, 0.4) is 0 Å². The van der Waals surface area contributed by atoms with Crippen LogP contribution in [0.2, 0.25) is 0 Å². The van der Waals surface area contributed by atoms with E-state index < -0.39 is 15.2 Å². The Bertz CT molecular complexity index is 643. The van der Waals surface area contributed by atoms with Crippen LogP contribution >= 0.6 is 0 Å². The van der Waals surface area contributed by atoms with Crippen LogP contribution in [0.4, 0.5) is 5.69 Å². The molecule has 0 spiro atoms.